The predicted octanol–water partition coefficient (Wildman–Crippen LogP) is 3.92. The molecule has 112 valence electrons. The highest BCUT2D eigenvalue weighted by Gasteiger charge is 2.14. The summed E-state index contributed by atoms with van der Waals surface area (Å²) in [6.45, 7) is 2.02. The highest BCUT2D eigenvalue weighted by molar-refractivity contribution is 7.92. The summed E-state index contributed by atoms with van der Waals surface area (Å²) in [7, 11) is -3.51. The smallest absolute Gasteiger partial charge is 0.262 e. The van der Waals surface area contributed by atoms with E-state index in [2.05, 4.69) is 9.71 Å². The van der Waals surface area contributed by atoms with Crippen LogP contribution in [-0.2, 0) is 10.0 Å². The standard InChI is InChI=1S/C16H14N2O2S2/c1-12-6-8-17-10-16(12)13-2-4-14(5-3-13)18-22(19,20)15-7-9-21-11-15/h2-11,18H,1H3. The lowest BCUT2D eigenvalue weighted by Crippen LogP contribution is -2.11. The number of hydrogen-bond donors (Lipinski definition) is 1. The van der Waals surface area contributed by atoms with Crippen LogP contribution in [0.1, 0.15) is 5.56 Å². The molecule has 0 amide bonds. The average Bonchev–Trinajstić information content (AvgIpc) is 3.04. The zero-order chi connectivity index (χ0) is 15.6. The molecule has 0 aliphatic rings. The quantitative estimate of drug-likeness (QED) is 0.789. The van der Waals surface area contributed by atoms with Crippen molar-refractivity contribution in [1.82, 2.24) is 4.98 Å². The van der Waals surface area contributed by atoms with Crippen molar-refractivity contribution in [3.63, 3.8) is 0 Å². The summed E-state index contributed by atoms with van der Waals surface area (Å²) in [4.78, 5) is 4.41. The van der Waals surface area contributed by atoms with Gasteiger partial charge < -0.3 is 0 Å². The molecule has 1 aromatic carbocycles. The molecule has 6 heteroatoms. The average molecular weight is 330 g/mol. The SMILES string of the molecule is Cc1ccncc1-c1ccc(NS(=O)(=O)c2ccsc2)cc1. The molecule has 4 nitrogen and oxygen atoms in total. The normalized spacial score (nSPS) is 11.3. The first kappa shape index (κ1) is 14.7. The molecule has 1 N–H and O–H groups in total. The topological polar surface area (TPSA) is 59.1 Å². The van der Waals surface area contributed by atoms with Crippen LogP contribution in [0.4, 0.5) is 5.69 Å². The Morgan fingerprint density at radius 2 is 1.86 bits per heavy atom. The van der Waals surface area contributed by atoms with Crippen molar-refractivity contribution < 1.29 is 8.42 Å². The fourth-order valence-electron chi connectivity index (χ4n) is 2.10. The molecule has 0 spiro atoms. The van der Waals surface area contributed by atoms with E-state index in [9.17, 15) is 8.42 Å². The molecular formula is C16H14N2O2S2. The number of sulfonamides is 1. The Labute approximate surface area is 133 Å². The second-order valence-electron chi connectivity index (χ2n) is 4.83. The molecule has 0 aliphatic heterocycles. The fraction of sp³-hybridized carbons (Fsp3) is 0.0625. The Bertz CT molecular complexity index is 871. The van der Waals surface area contributed by atoms with Gasteiger partial charge in [0.1, 0.15) is 0 Å². The minimum Gasteiger partial charge on any atom is -0.280 e. The van der Waals surface area contributed by atoms with Crippen molar-refractivity contribution in [3.8, 4) is 11.1 Å². The third kappa shape index (κ3) is 3.03. The van der Waals surface area contributed by atoms with Crippen molar-refractivity contribution in [3.05, 3.63) is 65.1 Å². The van der Waals surface area contributed by atoms with Crippen LogP contribution in [0, 0.1) is 6.92 Å². The Morgan fingerprint density at radius 3 is 2.50 bits per heavy atom. The molecule has 0 saturated carbocycles. The largest absolute Gasteiger partial charge is 0.280 e. The number of hydrogen-bond acceptors (Lipinski definition) is 4. The lowest BCUT2D eigenvalue weighted by molar-refractivity contribution is 0.601. The molecule has 2 heterocycles. The van der Waals surface area contributed by atoms with Gasteiger partial charge in [-0.15, -0.1) is 0 Å². The van der Waals surface area contributed by atoms with Crippen LogP contribution in [-0.4, -0.2) is 13.4 Å². The van der Waals surface area contributed by atoms with Crippen molar-refractivity contribution in [2.24, 2.45) is 0 Å². The van der Waals surface area contributed by atoms with Gasteiger partial charge in [-0.05, 0) is 47.7 Å². The molecule has 3 rings (SSSR count). The molecular weight excluding hydrogens is 316 g/mol. The fourth-order valence-corrected chi connectivity index (χ4v) is 4.19. The Hall–Kier alpha value is -2.18. The highest BCUT2D eigenvalue weighted by atomic mass is 32.2. The van der Waals surface area contributed by atoms with E-state index in [0.717, 1.165) is 16.7 Å². The van der Waals surface area contributed by atoms with E-state index < -0.39 is 10.0 Å². The van der Waals surface area contributed by atoms with E-state index in [1.807, 2.05) is 25.1 Å². The Morgan fingerprint density at radius 1 is 1.09 bits per heavy atom. The second-order valence-corrected chi connectivity index (χ2v) is 7.29. The molecule has 22 heavy (non-hydrogen) atoms. The third-order valence-electron chi connectivity index (χ3n) is 3.29. The minimum atomic E-state index is -3.51. The molecule has 0 bridgehead atoms. The van der Waals surface area contributed by atoms with Crippen LogP contribution in [0.2, 0.25) is 0 Å². The second kappa shape index (κ2) is 5.90. The highest BCUT2D eigenvalue weighted by Crippen LogP contribution is 2.25. The van der Waals surface area contributed by atoms with Crippen molar-refractivity contribution >= 4 is 27.0 Å². The van der Waals surface area contributed by atoms with Crippen LogP contribution in [0.25, 0.3) is 11.1 Å². The van der Waals surface area contributed by atoms with Gasteiger partial charge in [0.05, 0.1) is 4.90 Å². The molecule has 0 radical (unpaired) electrons. The predicted molar refractivity (Wildman–Crippen MR) is 89.5 cm³/mol. The van der Waals surface area contributed by atoms with Crippen molar-refractivity contribution in [1.29, 1.82) is 0 Å². The van der Waals surface area contributed by atoms with Crippen LogP contribution < -0.4 is 4.72 Å². The third-order valence-corrected chi connectivity index (χ3v) is 5.50. The van der Waals surface area contributed by atoms with E-state index in [1.54, 1.807) is 41.4 Å². The number of nitrogens with one attached hydrogen (secondary N) is 1. The number of thiophene rings is 1. The van der Waals surface area contributed by atoms with Gasteiger partial charge >= 0.3 is 0 Å². The minimum absolute atomic E-state index is 0.282. The maximum absolute atomic E-state index is 12.2. The van der Waals surface area contributed by atoms with E-state index in [4.69, 9.17) is 0 Å². The summed E-state index contributed by atoms with van der Waals surface area (Å²) in [6.07, 6.45) is 3.56. The number of aromatic nitrogens is 1. The maximum Gasteiger partial charge on any atom is 0.262 e. The summed E-state index contributed by atoms with van der Waals surface area (Å²) < 4.78 is 26.9. The Balaban J connectivity index is 1.85. The van der Waals surface area contributed by atoms with Crippen molar-refractivity contribution in [2.45, 2.75) is 11.8 Å². The van der Waals surface area contributed by atoms with Gasteiger partial charge in [-0.1, -0.05) is 12.1 Å². The molecule has 3 aromatic rings. The molecule has 0 unspecified atom stereocenters. The first-order chi connectivity index (χ1) is 10.6. The lowest BCUT2D eigenvalue weighted by Gasteiger charge is -2.09. The summed E-state index contributed by atoms with van der Waals surface area (Å²) in [5, 5.41) is 3.35. The van der Waals surface area contributed by atoms with Crippen LogP contribution in [0.5, 0.6) is 0 Å². The zero-order valence-corrected chi connectivity index (χ0v) is 13.5. The molecule has 0 saturated heterocycles. The number of benzene rings is 1. The molecule has 2 aromatic heterocycles. The maximum atomic E-state index is 12.2. The molecule has 0 atom stereocenters. The first-order valence-corrected chi connectivity index (χ1v) is 9.05. The van der Waals surface area contributed by atoms with E-state index in [-0.39, 0.29) is 4.90 Å². The van der Waals surface area contributed by atoms with Crippen LogP contribution in [0.3, 0.4) is 0 Å². The zero-order valence-electron chi connectivity index (χ0n) is 11.9. The Kier molecular flexibility index (Phi) is 3.96. The molecule has 0 aliphatic carbocycles. The van der Waals surface area contributed by atoms with Gasteiger partial charge in [0.15, 0.2) is 0 Å². The van der Waals surface area contributed by atoms with Gasteiger partial charge in [-0.25, -0.2) is 8.42 Å². The number of pyridine rings is 1. The van der Waals surface area contributed by atoms with E-state index in [0.29, 0.717) is 5.69 Å². The summed E-state index contributed by atoms with van der Waals surface area (Å²) in [5.74, 6) is 0. The van der Waals surface area contributed by atoms with Gasteiger partial charge in [-0.2, -0.15) is 11.3 Å². The van der Waals surface area contributed by atoms with Crippen LogP contribution >= 0.6 is 11.3 Å². The number of rotatable bonds is 4. The summed E-state index contributed by atoms with van der Waals surface area (Å²) >= 11 is 1.35. The monoisotopic (exact) mass is 330 g/mol. The van der Waals surface area contributed by atoms with Gasteiger partial charge in [0.25, 0.3) is 10.0 Å². The summed E-state index contributed by atoms with van der Waals surface area (Å²) in [5.41, 5.74) is 3.71. The van der Waals surface area contributed by atoms with Gasteiger partial charge in [0.2, 0.25) is 0 Å². The first-order valence-electron chi connectivity index (χ1n) is 6.62. The van der Waals surface area contributed by atoms with Crippen LogP contribution in [0.15, 0.2) is 64.4 Å². The van der Waals surface area contributed by atoms with E-state index >= 15 is 0 Å². The van der Waals surface area contributed by atoms with Gasteiger partial charge in [-0.3, -0.25) is 9.71 Å². The van der Waals surface area contributed by atoms with Gasteiger partial charge in [0, 0.05) is 29.0 Å². The van der Waals surface area contributed by atoms with E-state index in [1.165, 1.54) is 11.3 Å². The van der Waals surface area contributed by atoms with Crippen molar-refractivity contribution in [2.75, 3.05) is 4.72 Å². The molecule has 0 fully saturated rings. The number of aryl methyl sites for hydroxylation is 1. The number of nitrogens with zero attached hydrogens (tertiary/aromatic N) is 1. The number of anilines is 1. The lowest BCUT2D eigenvalue weighted by atomic mass is 10.0. The summed E-state index contributed by atoms with van der Waals surface area (Å²) in [6, 6.07) is 10.8.